The number of hydrogen-bond acceptors (Lipinski definition) is 5. The maximum Gasteiger partial charge on any atom is 0.257 e. The Balaban J connectivity index is 1.83. The van der Waals surface area contributed by atoms with Crippen LogP contribution in [0.2, 0.25) is 5.02 Å². The van der Waals surface area contributed by atoms with Crippen LogP contribution in [0.25, 0.3) is 0 Å². The molecule has 1 aromatic carbocycles. The van der Waals surface area contributed by atoms with E-state index in [1.54, 1.807) is 0 Å². The van der Waals surface area contributed by atoms with Crippen molar-refractivity contribution in [3.8, 4) is 0 Å². The van der Waals surface area contributed by atoms with Gasteiger partial charge in [0.05, 0.1) is 10.7 Å². The van der Waals surface area contributed by atoms with Gasteiger partial charge in [-0.05, 0) is 50.9 Å². The molecule has 0 atom stereocenters. The summed E-state index contributed by atoms with van der Waals surface area (Å²) in [6.45, 7) is 0. The van der Waals surface area contributed by atoms with Crippen LogP contribution in [0.15, 0.2) is 23.1 Å². The van der Waals surface area contributed by atoms with E-state index in [0.29, 0.717) is 5.13 Å². The van der Waals surface area contributed by atoms with Crippen LogP contribution < -0.4 is 10.0 Å². The lowest BCUT2D eigenvalue weighted by Crippen LogP contribution is -2.20. The van der Waals surface area contributed by atoms with Gasteiger partial charge in [-0.2, -0.15) is 0 Å². The van der Waals surface area contributed by atoms with Crippen LogP contribution in [0.4, 0.5) is 5.13 Å². The zero-order chi connectivity index (χ0) is 18.0. The van der Waals surface area contributed by atoms with Crippen molar-refractivity contribution in [1.29, 1.82) is 0 Å². The fourth-order valence-electron chi connectivity index (χ4n) is 2.71. The summed E-state index contributed by atoms with van der Waals surface area (Å²) in [5, 5.41) is 3.37. The van der Waals surface area contributed by atoms with Crippen molar-refractivity contribution in [2.24, 2.45) is 0 Å². The highest BCUT2D eigenvalue weighted by molar-refractivity contribution is 7.89. The molecule has 1 heterocycles. The highest BCUT2D eigenvalue weighted by Crippen LogP contribution is 2.29. The van der Waals surface area contributed by atoms with Gasteiger partial charge in [0.2, 0.25) is 10.0 Å². The van der Waals surface area contributed by atoms with Gasteiger partial charge in [-0.15, -0.1) is 11.3 Å². The second kappa shape index (κ2) is 7.41. The van der Waals surface area contributed by atoms with Crippen molar-refractivity contribution in [2.45, 2.75) is 37.0 Å². The Bertz CT molecular complexity index is 886. The third-order valence-corrected chi connectivity index (χ3v) is 7.04. The second-order valence-corrected chi connectivity index (χ2v) is 9.10. The Kier molecular flexibility index (Phi) is 5.43. The molecule has 0 unspecified atom stereocenters. The molecule has 9 heteroatoms. The molecule has 0 bridgehead atoms. The minimum Gasteiger partial charge on any atom is -0.298 e. The van der Waals surface area contributed by atoms with Crippen LogP contribution in [0.5, 0.6) is 0 Å². The van der Waals surface area contributed by atoms with Crippen molar-refractivity contribution < 1.29 is 13.2 Å². The third kappa shape index (κ3) is 4.03. The zero-order valence-electron chi connectivity index (χ0n) is 13.6. The number of carbonyl (C=O) groups is 1. The molecule has 25 heavy (non-hydrogen) atoms. The van der Waals surface area contributed by atoms with Crippen molar-refractivity contribution in [2.75, 3.05) is 12.4 Å². The van der Waals surface area contributed by atoms with Gasteiger partial charge in [0.15, 0.2) is 5.13 Å². The number of rotatable bonds is 4. The summed E-state index contributed by atoms with van der Waals surface area (Å²) in [7, 11) is -2.45. The standard InChI is InChI=1S/C16H18ClN3O3S2/c1-18-25(22,23)14-9-10(7-8-11(14)17)15(21)20-16-19-12-5-3-2-4-6-13(12)24-16/h7-9,18H,2-6H2,1H3,(H,19,20,21). The van der Waals surface area contributed by atoms with Gasteiger partial charge in [-0.3, -0.25) is 10.1 Å². The molecular weight excluding hydrogens is 382 g/mol. The molecule has 0 aliphatic heterocycles. The molecule has 2 N–H and O–H groups in total. The van der Waals surface area contributed by atoms with E-state index in [1.807, 2.05) is 0 Å². The number of aromatic nitrogens is 1. The van der Waals surface area contributed by atoms with E-state index in [2.05, 4.69) is 15.0 Å². The first kappa shape index (κ1) is 18.3. The fourth-order valence-corrected chi connectivity index (χ4v) is 5.01. The smallest absolute Gasteiger partial charge is 0.257 e. The molecular formula is C16H18ClN3O3S2. The lowest BCUT2D eigenvalue weighted by Gasteiger charge is -2.07. The van der Waals surface area contributed by atoms with E-state index in [-0.39, 0.29) is 15.5 Å². The summed E-state index contributed by atoms with van der Waals surface area (Å²) in [6.07, 6.45) is 5.40. The molecule has 1 amide bonds. The molecule has 0 fully saturated rings. The van der Waals surface area contributed by atoms with Gasteiger partial charge in [-0.1, -0.05) is 18.0 Å². The number of hydrogen-bond donors (Lipinski definition) is 2. The summed E-state index contributed by atoms with van der Waals surface area (Å²) < 4.78 is 26.2. The van der Waals surface area contributed by atoms with E-state index in [9.17, 15) is 13.2 Å². The number of benzene rings is 1. The predicted molar refractivity (Wildman–Crippen MR) is 99.0 cm³/mol. The minimum atomic E-state index is -3.74. The maximum absolute atomic E-state index is 12.5. The van der Waals surface area contributed by atoms with Crippen molar-refractivity contribution in [3.63, 3.8) is 0 Å². The molecule has 1 aliphatic rings. The second-order valence-electron chi connectivity index (χ2n) is 5.76. The largest absolute Gasteiger partial charge is 0.298 e. The number of fused-ring (bicyclic) bond motifs is 1. The number of amides is 1. The summed E-state index contributed by atoms with van der Waals surface area (Å²) in [5.41, 5.74) is 1.27. The maximum atomic E-state index is 12.5. The van der Waals surface area contributed by atoms with E-state index in [1.165, 1.54) is 47.9 Å². The first-order valence-corrected chi connectivity index (χ1v) is 10.6. The Morgan fingerprint density at radius 3 is 2.76 bits per heavy atom. The normalized spacial score (nSPS) is 14.6. The number of anilines is 1. The van der Waals surface area contributed by atoms with E-state index >= 15 is 0 Å². The molecule has 3 rings (SSSR count). The molecule has 0 saturated carbocycles. The van der Waals surface area contributed by atoms with Crippen molar-refractivity contribution in [1.82, 2.24) is 9.71 Å². The number of nitrogens with zero attached hydrogens (tertiary/aromatic N) is 1. The molecule has 1 aromatic heterocycles. The minimum absolute atomic E-state index is 0.0619. The number of aryl methyl sites for hydroxylation is 2. The fraction of sp³-hybridized carbons (Fsp3) is 0.375. The summed E-state index contributed by atoms with van der Waals surface area (Å²) in [5.74, 6) is -0.409. The van der Waals surface area contributed by atoms with Gasteiger partial charge < -0.3 is 0 Å². The monoisotopic (exact) mass is 399 g/mol. The number of sulfonamides is 1. The average Bonchev–Trinajstić information content (AvgIpc) is 2.83. The summed E-state index contributed by atoms with van der Waals surface area (Å²) in [4.78, 5) is 18.1. The Morgan fingerprint density at radius 1 is 1.24 bits per heavy atom. The Labute approximate surface area is 155 Å². The van der Waals surface area contributed by atoms with Crippen LogP contribution in [0.3, 0.4) is 0 Å². The van der Waals surface area contributed by atoms with Crippen molar-refractivity contribution in [3.05, 3.63) is 39.4 Å². The zero-order valence-corrected chi connectivity index (χ0v) is 16.0. The SMILES string of the molecule is CNS(=O)(=O)c1cc(C(=O)Nc2nc3c(s2)CCCCC3)ccc1Cl. The van der Waals surface area contributed by atoms with Gasteiger partial charge in [0.1, 0.15) is 4.90 Å². The van der Waals surface area contributed by atoms with E-state index in [4.69, 9.17) is 11.6 Å². The van der Waals surface area contributed by atoms with Crippen LogP contribution in [-0.2, 0) is 22.9 Å². The highest BCUT2D eigenvalue weighted by atomic mass is 35.5. The molecule has 1 aliphatic carbocycles. The van der Waals surface area contributed by atoms with Crippen LogP contribution in [0, 0.1) is 0 Å². The molecule has 2 aromatic rings. The first-order valence-electron chi connectivity index (χ1n) is 7.94. The summed E-state index contributed by atoms with van der Waals surface area (Å²) in [6, 6.07) is 4.16. The van der Waals surface area contributed by atoms with E-state index in [0.717, 1.165) is 31.4 Å². The van der Waals surface area contributed by atoms with Gasteiger partial charge >= 0.3 is 0 Å². The highest BCUT2D eigenvalue weighted by Gasteiger charge is 2.20. The van der Waals surface area contributed by atoms with E-state index < -0.39 is 15.9 Å². The molecule has 134 valence electrons. The number of halogens is 1. The lowest BCUT2D eigenvalue weighted by molar-refractivity contribution is 0.102. The Morgan fingerprint density at radius 2 is 2.00 bits per heavy atom. The van der Waals surface area contributed by atoms with Gasteiger partial charge in [0.25, 0.3) is 5.91 Å². The van der Waals surface area contributed by atoms with Crippen LogP contribution >= 0.6 is 22.9 Å². The van der Waals surface area contributed by atoms with Crippen LogP contribution in [0.1, 0.15) is 40.2 Å². The quantitative estimate of drug-likeness (QED) is 0.772. The number of thiazole rings is 1. The molecule has 0 saturated heterocycles. The van der Waals surface area contributed by atoms with Gasteiger partial charge in [-0.25, -0.2) is 18.1 Å². The first-order chi connectivity index (χ1) is 11.9. The molecule has 0 radical (unpaired) electrons. The average molecular weight is 400 g/mol. The van der Waals surface area contributed by atoms with Gasteiger partial charge in [0, 0.05) is 10.4 Å². The third-order valence-electron chi connectivity index (χ3n) is 4.07. The van der Waals surface area contributed by atoms with Crippen molar-refractivity contribution >= 4 is 44.0 Å². The van der Waals surface area contributed by atoms with Crippen LogP contribution in [-0.4, -0.2) is 26.4 Å². The molecule has 6 nitrogen and oxygen atoms in total. The number of carbonyl (C=O) groups excluding carboxylic acids is 1. The molecule has 0 spiro atoms. The Hall–Kier alpha value is -1.48. The lowest BCUT2D eigenvalue weighted by atomic mass is 10.2. The topological polar surface area (TPSA) is 88.2 Å². The number of nitrogens with one attached hydrogen (secondary N) is 2. The summed E-state index contributed by atoms with van der Waals surface area (Å²) >= 11 is 7.44. The predicted octanol–water partition coefficient (Wildman–Crippen LogP) is 3.23.